The molecule has 1 unspecified atom stereocenters. The molecule has 1 fully saturated rings. The molecule has 214 valence electrons. The summed E-state index contributed by atoms with van der Waals surface area (Å²) >= 11 is 1.19. The molecule has 4 aromatic carbocycles. The Morgan fingerprint density at radius 1 is 0.837 bits per heavy atom. The van der Waals surface area contributed by atoms with Crippen LogP contribution in [0.15, 0.2) is 109 Å². The number of hydrogen-bond acceptors (Lipinski definition) is 8. The minimum atomic E-state index is -0.955. The van der Waals surface area contributed by atoms with Gasteiger partial charge < -0.3 is 14.6 Å². The van der Waals surface area contributed by atoms with E-state index in [1.807, 2.05) is 55.5 Å². The van der Waals surface area contributed by atoms with Crippen molar-refractivity contribution in [2.45, 2.75) is 26.5 Å². The van der Waals surface area contributed by atoms with Crippen molar-refractivity contribution >= 4 is 33.9 Å². The highest BCUT2D eigenvalue weighted by Crippen LogP contribution is 2.44. The molecule has 1 aliphatic rings. The smallest absolute Gasteiger partial charge is 0.301 e. The summed E-state index contributed by atoms with van der Waals surface area (Å²) in [6, 6.07) is 30.2. The summed E-state index contributed by atoms with van der Waals surface area (Å²) in [5.74, 6) is -0.160. The van der Waals surface area contributed by atoms with E-state index in [0.717, 1.165) is 11.1 Å². The fraction of sp³-hybridized carbons (Fsp3) is 0.118. The number of carbonyl (C=O) groups excluding carboxylic acids is 2. The summed E-state index contributed by atoms with van der Waals surface area (Å²) in [6.07, 6.45) is 0. The third-order valence-corrected chi connectivity index (χ3v) is 7.77. The van der Waals surface area contributed by atoms with Crippen LogP contribution in [0.5, 0.6) is 17.2 Å². The van der Waals surface area contributed by atoms with Crippen LogP contribution in [-0.4, -0.2) is 27.0 Å². The minimum Gasteiger partial charge on any atom is -0.507 e. The van der Waals surface area contributed by atoms with Crippen molar-refractivity contribution in [1.82, 2.24) is 10.2 Å². The molecule has 6 rings (SSSR count). The number of para-hydroxylation sites is 1. The van der Waals surface area contributed by atoms with Gasteiger partial charge in [0.2, 0.25) is 5.13 Å². The molecule has 1 saturated heterocycles. The van der Waals surface area contributed by atoms with Gasteiger partial charge in [-0.1, -0.05) is 71.5 Å². The number of benzene rings is 4. The average molecular weight is 590 g/mol. The van der Waals surface area contributed by atoms with Gasteiger partial charge in [0.15, 0.2) is 0 Å². The molecule has 1 atom stereocenters. The molecule has 9 heteroatoms. The van der Waals surface area contributed by atoms with Crippen LogP contribution in [0.25, 0.3) is 5.76 Å². The molecule has 5 aromatic rings. The summed E-state index contributed by atoms with van der Waals surface area (Å²) < 4.78 is 11.9. The molecule has 0 bridgehead atoms. The molecule has 1 N–H and O–H groups in total. The first-order valence-corrected chi connectivity index (χ1v) is 14.4. The zero-order chi connectivity index (χ0) is 29.9. The lowest BCUT2D eigenvalue weighted by Gasteiger charge is -2.23. The van der Waals surface area contributed by atoms with Gasteiger partial charge >= 0.3 is 5.91 Å². The van der Waals surface area contributed by atoms with Gasteiger partial charge in [-0.15, -0.1) is 10.2 Å². The van der Waals surface area contributed by atoms with E-state index in [2.05, 4.69) is 16.3 Å². The molecule has 8 nitrogen and oxygen atoms in total. The topological polar surface area (TPSA) is 102 Å². The van der Waals surface area contributed by atoms with Crippen molar-refractivity contribution in [3.8, 4) is 17.2 Å². The van der Waals surface area contributed by atoms with Gasteiger partial charge in [0.25, 0.3) is 5.78 Å². The maximum absolute atomic E-state index is 13.5. The number of aromatic nitrogens is 2. The fourth-order valence-corrected chi connectivity index (χ4v) is 5.65. The molecule has 1 aromatic heterocycles. The first-order valence-electron chi connectivity index (χ1n) is 13.6. The van der Waals surface area contributed by atoms with Crippen LogP contribution in [0.2, 0.25) is 0 Å². The SMILES string of the molecule is Cc1cccc(COc2ccc(C(O)=C3C(=O)C(=O)N(c4nnc(C)s4)C3c3cccc(Oc4ccccc4)c3)cc2)c1. The maximum atomic E-state index is 13.5. The number of rotatable bonds is 8. The molecule has 2 heterocycles. The average Bonchev–Trinajstić information content (AvgIpc) is 3.56. The maximum Gasteiger partial charge on any atom is 0.301 e. The lowest BCUT2D eigenvalue weighted by Crippen LogP contribution is -2.29. The van der Waals surface area contributed by atoms with Gasteiger partial charge in [-0.2, -0.15) is 0 Å². The normalized spacial score (nSPS) is 16.0. The van der Waals surface area contributed by atoms with Crippen LogP contribution in [0.4, 0.5) is 5.13 Å². The van der Waals surface area contributed by atoms with Crippen LogP contribution in [-0.2, 0) is 16.2 Å². The van der Waals surface area contributed by atoms with Crippen LogP contribution in [0, 0.1) is 13.8 Å². The summed E-state index contributed by atoms with van der Waals surface area (Å²) in [4.78, 5) is 28.2. The van der Waals surface area contributed by atoms with Crippen LogP contribution in [0.3, 0.4) is 0 Å². The van der Waals surface area contributed by atoms with Crippen molar-refractivity contribution in [2.24, 2.45) is 0 Å². The van der Waals surface area contributed by atoms with Crippen LogP contribution >= 0.6 is 11.3 Å². The predicted octanol–water partition coefficient (Wildman–Crippen LogP) is 7.15. The van der Waals surface area contributed by atoms with E-state index in [-0.39, 0.29) is 16.5 Å². The molecular weight excluding hydrogens is 562 g/mol. The Hall–Kier alpha value is -5.28. The molecule has 0 aliphatic carbocycles. The highest BCUT2D eigenvalue weighted by Gasteiger charge is 2.48. The largest absolute Gasteiger partial charge is 0.507 e. The van der Waals surface area contributed by atoms with Gasteiger partial charge in [-0.05, 0) is 73.5 Å². The van der Waals surface area contributed by atoms with Gasteiger partial charge in [0.05, 0.1) is 11.6 Å². The van der Waals surface area contributed by atoms with E-state index in [1.54, 1.807) is 55.5 Å². The highest BCUT2D eigenvalue weighted by atomic mass is 32.1. The number of ether oxygens (including phenoxy) is 2. The lowest BCUT2D eigenvalue weighted by atomic mass is 9.95. The van der Waals surface area contributed by atoms with Crippen LogP contribution in [0.1, 0.15) is 33.3 Å². The Labute approximate surface area is 252 Å². The van der Waals surface area contributed by atoms with Crippen molar-refractivity contribution in [2.75, 3.05) is 4.90 Å². The van der Waals surface area contributed by atoms with Gasteiger partial charge in [0.1, 0.15) is 34.6 Å². The standard InChI is InChI=1S/C34H27N3O5S/c1-21-8-6-9-23(18-21)20-41-26-16-14-24(15-17-26)31(38)29-30(37(33(40)32(29)39)34-36-35-22(2)43-34)25-10-7-13-28(19-25)42-27-11-4-3-5-12-27/h3-19,30,38H,20H2,1-2H3. The Morgan fingerprint density at radius 3 is 2.30 bits per heavy atom. The number of aliphatic hydroxyl groups excluding tert-OH is 1. The molecule has 0 saturated carbocycles. The summed E-state index contributed by atoms with van der Waals surface area (Å²) in [6.45, 7) is 4.18. The Morgan fingerprint density at radius 2 is 1.58 bits per heavy atom. The number of amides is 1. The third kappa shape index (κ3) is 5.89. The number of nitrogens with zero attached hydrogens (tertiary/aromatic N) is 3. The molecule has 43 heavy (non-hydrogen) atoms. The van der Waals surface area contributed by atoms with Gasteiger partial charge in [-0.25, -0.2) is 0 Å². The first-order chi connectivity index (χ1) is 20.9. The second-order valence-electron chi connectivity index (χ2n) is 10.1. The zero-order valence-electron chi connectivity index (χ0n) is 23.4. The van der Waals surface area contributed by atoms with Gasteiger partial charge in [-0.3, -0.25) is 14.5 Å². The second kappa shape index (κ2) is 11.9. The summed E-state index contributed by atoms with van der Waals surface area (Å²) in [7, 11) is 0. The van der Waals surface area contributed by atoms with Crippen LogP contribution < -0.4 is 14.4 Å². The molecule has 1 amide bonds. The van der Waals surface area contributed by atoms with E-state index < -0.39 is 17.7 Å². The number of hydrogen-bond donors (Lipinski definition) is 1. The Kier molecular flexibility index (Phi) is 7.72. The van der Waals surface area contributed by atoms with E-state index in [9.17, 15) is 14.7 Å². The Balaban J connectivity index is 1.36. The fourth-order valence-electron chi connectivity index (χ4n) is 4.93. The number of ketones is 1. The number of carbonyl (C=O) groups is 2. The van der Waals surface area contributed by atoms with E-state index in [0.29, 0.717) is 40.0 Å². The molecule has 0 radical (unpaired) electrons. The van der Waals surface area contributed by atoms with Crippen molar-refractivity contribution in [3.63, 3.8) is 0 Å². The van der Waals surface area contributed by atoms with Crippen molar-refractivity contribution in [1.29, 1.82) is 0 Å². The monoisotopic (exact) mass is 589 g/mol. The van der Waals surface area contributed by atoms with Gasteiger partial charge in [0, 0.05) is 5.56 Å². The lowest BCUT2D eigenvalue weighted by molar-refractivity contribution is -0.132. The predicted molar refractivity (Wildman–Crippen MR) is 164 cm³/mol. The zero-order valence-corrected chi connectivity index (χ0v) is 24.2. The van der Waals surface area contributed by atoms with Crippen molar-refractivity contribution in [3.05, 3.63) is 136 Å². The highest BCUT2D eigenvalue weighted by molar-refractivity contribution is 7.15. The quantitative estimate of drug-likeness (QED) is 0.116. The first kappa shape index (κ1) is 27.9. The van der Waals surface area contributed by atoms with Crippen molar-refractivity contribution < 1.29 is 24.2 Å². The second-order valence-corrected chi connectivity index (χ2v) is 11.2. The van der Waals surface area contributed by atoms with E-state index in [1.165, 1.54) is 16.2 Å². The Bertz CT molecular complexity index is 1830. The number of anilines is 1. The minimum absolute atomic E-state index is 0.0526. The number of Topliss-reactive ketones (excluding diaryl/α,β-unsaturated/α-hetero) is 1. The number of aryl methyl sites for hydroxylation is 2. The third-order valence-electron chi connectivity index (χ3n) is 6.93. The number of aliphatic hydroxyl groups is 1. The molecule has 0 spiro atoms. The summed E-state index contributed by atoms with van der Waals surface area (Å²) in [5.41, 5.74) is 3.07. The summed E-state index contributed by atoms with van der Waals surface area (Å²) in [5, 5.41) is 20.6. The van der Waals surface area contributed by atoms with E-state index in [4.69, 9.17) is 9.47 Å². The molecular formula is C34H27N3O5S. The molecule has 1 aliphatic heterocycles. The van der Waals surface area contributed by atoms with E-state index >= 15 is 0 Å².